The molecule has 0 aliphatic heterocycles. The van der Waals surface area contributed by atoms with Gasteiger partial charge >= 0.3 is 0 Å². The van der Waals surface area contributed by atoms with E-state index < -0.39 is 0 Å². The van der Waals surface area contributed by atoms with Gasteiger partial charge in [-0.25, -0.2) is 4.98 Å². The fraction of sp³-hybridized carbons (Fsp3) is 0.304. The van der Waals surface area contributed by atoms with Crippen LogP contribution in [0.3, 0.4) is 0 Å². The lowest BCUT2D eigenvalue weighted by molar-refractivity contribution is -0.117. The number of amides is 1. The first-order valence-corrected chi connectivity index (χ1v) is 10.7. The van der Waals surface area contributed by atoms with Gasteiger partial charge in [-0.1, -0.05) is 12.1 Å². The van der Waals surface area contributed by atoms with E-state index in [9.17, 15) is 4.79 Å². The summed E-state index contributed by atoms with van der Waals surface area (Å²) >= 11 is 1.36. The Labute approximate surface area is 191 Å². The molecule has 3 aromatic rings. The number of anilines is 1. The predicted molar refractivity (Wildman–Crippen MR) is 125 cm³/mol. The number of para-hydroxylation sites is 1. The molecule has 2 aromatic carbocycles. The van der Waals surface area contributed by atoms with Gasteiger partial charge in [0.05, 0.1) is 40.7 Å². The second-order valence-corrected chi connectivity index (χ2v) is 7.84. The number of aromatic nitrogens is 1. The summed E-state index contributed by atoms with van der Waals surface area (Å²) in [4.78, 5) is 19.0. The molecule has 8 nitrogen and oxygen atoms in total. The zero-order valence-corrected chi connectivity index (χ0v) is 19.6. The molecule has 3 rings (SSSR count). The molecule has 9 heteroatoms. The summed E-state index contributed by atoms with van der Waals surface area (Å²) in [6.45, 7) is 0.723. The van der Waals surface area contributed by atoms with Crippen molar-refractivity contribution in [2.24, 2.45) is 0 Å². The van der Waals surface area contributed by atoms with Crippen LogP contribution in [-0.4, -0.2) is 57.8 Å². The minimum atomic E-state index is -0.156. The molecule has 0 radical (unpaired) electrons. The predicted octanol–water partition coefficient (Wildman–Crippen LogP) is 3.92. The van der Waals surface area contributed by atoms with Crippen molar-refractivity contribution in [3.05, 3.63) is 47.3 Å². The second-order valence-electron chi connectivity index (χ2n) is 6.98. The zero-order valence-electron chi connectivity index (χ0n) is 18.8. The van der Waals surface area contributed by atoms with Gasteiger partial charge in [-0.2, -0.15) is 0 Å². The van der Waals surface area contributed by atoms with E-state index in [0.29, 0.717) is 34.7 Å². The number of thiazole rings is 1. The van der Waals surface area contributed by atoms with Gasteiger partial charge in [0.15, 0.2) is 16.6 Å². The van der Waals surface area contributed by atoms with Gasteiger partial charge in [0.2, 0.25) is 5.91 Å². The SMILES string of the molecule is COc1ccc(-c2csc(NC(=O)CN(C)Cc3cccc(OC)c3OC)n2)c(OC)c1. The number of methoxy groups -OCH3 is 4. The lowest BCUT2D eigenvalue weighted by Gasteiger charge is -2.19. The molecule has 0 bridgehead atoms. The Bertz CT molecular complexity index is 1070. The van der Waals surface area contributed by atoms with Gasteiger partial charge in [0, 0.05) is 29.1 Å². The highest BCUT2D eigenvalue weighted by molar-refractivity contribution is 7.14. The number of carbonyl (C=O) groups excluding carboxylic acids is 1. The van der Waals surface area contributed by atoms with E-state index in [-0.39, 0.29) is 12.5 Å². The van der Waals surface area contributed by atoms with Crippen molar-refractivity contribution < 1.29 is 23.7 Å². The number of benzene rings is 2. The maximum atomic E-state index is 12.6. The second kappa shape index (κ2) is 10.8. The molecule has 0 fully saturated rings. The molecule has 0 aliphatic rings. The Hall–Kier alpha value is -3.30. The van der Waals surface area contributed by atoms with Crippen LogP contribution in [0.4, 0.5) is 5.13 Å². The number of nitrogens with zero attached hydrogens (tertiary/aromatic N) is 2. The molecule has 1 aromatic heterocycles. The van der Waals surface area contributed by atoms with Crippen LogP contribution in [0.5, 0.6) is 23.0 Å². The number of carbonyl (C=O) groups is 1. The number of likely N-dealkylation sites (N-methyl/N-ethyl adjacent to an activating group) is 1. The monoisotopic (exact) mass is 457 g/mol. The average molecular weight is 458 g/mol. The first kappa shape index (κ1) is 23.4. The summed E-state index contributed by atoms with van der Waals surface area (Å²) in [6.07, 6.45) is 0. The Morgan fingerprint density at radius 3 is 2.50 bits per heavy atom. The van der Waals surface area contributed by atoms with E-state index in [2.05, 4.69) is 10.3 Å². The minimum absolute atomic E-state index is 0.156. The summed E-state index contributed by atoms with van der Waals surface area (Å²) in [5.41, 5.74) is 2.48. The Morgan fingerprint density at radius 1 is 1.03 bits per heavy atom. The molecule has 0 atom stereocenters. The number of ether oxygens (including phenoxy) is 4. The third-order valence-electron chi connectivity index (χ3n) is 4.77. The standard InChI is InChI=1S/C23H27N3O5S/c1-26(12-15-7-6-8-19(29-3)22(15)31-5)13-21(27)25-23-24-18(14-32-23)17-10-9-16(28-2)11-20(17)30-4/h6-11,14H,12-13H2,1-5H3,(H,24,25,27). The minimum Gasteiger partial charge on any atom is -0.497 e. The fourth-order valence-electron chi connectivity index (χ4n) is 3.29. The van der Waals surface area contributed by atoms with Crippen LogP contribution < -0.4 is 24.3 Å². The lowest BCUT2D eigenvalue weighted by Crippen LogP contribution is -2.30. The smallest absolute Gasteiger partial charge is 0.240 e. The van der Waals surface area contributed by atoms with Gasteiger partial charge in [-0.3, -0.25) is 9.69 Å². The molecule has 1 heterocycles. The highest BCUT2D eigenvalue weighted by Crippen LogP contribution is 2.35. The zero-order chi connectivity index (χ0) is 23.1. The van der Waals surface area contributed by atoms with Crippen LogP contribution in [0.1, 0.15) is 5.56 Å². The quantitative estimate of drug-likeness (QED) is 0.494. The van der Waals surface area contributed by atoms with Crippen LogP contribution in [0.25, 0.3) is 11.3 Å². The molecule has 170 valence electrons. The van der Waals surface area contributed by atoms with Crippen molar-refractivity contribution in [1.82, 2.24) is 9.88 Å². The molecule has 1 amide bonds. The summed E-state index contributed by atoms with van der Waals surface area (Å²) in [5, 5.41) is 5.27. The summed E-state index contributed by atoms with van der Waals surface area (Å²) < 4.78 is 21.5. The van der Waals surface area contributed by atoms with Crippen molar-refractivity contribution in [3.63, 3.8) is 0 Å². The Kier molecular flexibility index (Phi) is 7.91. The van der Waals surface area contributed by atoms with E-state index in [1.807, 2.05) is 47.7 Å². The van der Waals surface area contributed by atoms with Gasteiger partial charge in [0.1, 0.15) is 11.5 Å². The maximum absolute atomic E-state index is 12.6. The molecule has 0 unspecified atom stereocenters. The van der Waals surface area contributed by atoms with Crippen molar-refractivity contribution in [2.45, 2.75) is 6.54 Å². The van der Waals surface area contributed by atoms with Crippen LogP contribution in [0.2, 0.25) is 0 Å². The van der Waals surface area contributed by atoms with E-state index >= 15 is 0 Å². The van der Waals surface area contributed by atoms with Crippen LogP contribution in [0.15, 0.2) is 41.8 Å². The van der Waals surface area contributed by atoms with Crippen LogP contribution in [-0.2, 0) is 11.3 Å². The first-order valence-electron chi connectivity index (χ1n) is 9.85. The lowest BCUT2D eigenvalue weighted by atomic mass is 10.1. The largest absolute Gasteiger partial charge is 0.497 e. The van der Waals surface area contributed by atoms with Gasteiger partial charge in [-0.15, -0.1) is 11.3 Å². The van der Waals surface area contributed by atoms with Crippen molar-refractivity contribution >= 4 is 22.4 Å². The van der Waals surface area contributed by atoms with E-state index in [1.165, 1.54) is 11.3 Å². The molecule has 0 saturated heterocycles. The Morgan fingerprint density at radius 2 is 1.81 bits per heavy atom. The highest BCUT2D eigenvalue weighted by Gasteiger charge is 2.16. The van der Waals surface area contributed by atoms with Gasteiger partial charge < -0.3 is 24.3 Å². The first-order chi connectivity index (χ1) is 15.5. The molecule has 0 spiro atoms. The van der Waals surface area contributed by atoms with Gasteiger partial charge in [0.25, 0.3) is 0 Å². The molecule has 0 aliphatic carbocycles. The third-order valence-corrected chi connectivity index (χ3v) is 5.53. The average Bonchev–Trinajstić information content (AvgIpc) is 3.26. The third kappa shape index (κ3) is 5.49. The van der Waals surface area contributed by atoms with E-state index in [4.69, 9.17) is 18.9 Å². The summed E-state index contributed by atoms with van der Waals surface area (Å²) in [7, 11) is 8.27. The summed E-state index contributed by atoms with van der Waals surface area (Å²) in [6, 6.07) is 11.2. The number of rotatable bonds is 10. The summed E-state index contributed by atoms with van der Waals surface area (Å²) in [5.74, 6) is 2.52. The van der Waals surface area contributed by atoms with Crippen molar-refractivity contribution in [2.75, 3.05) is 47.3 Å². The highest BCUT2D eigenvalue weighted by atomic mass is 32.1. The molecule has 32 heavy (non-hydrogen) atoms. The Balaban J connectivity index is 1.64. The molecule has 1 N–H and O–H groups in total. The topological polar surface area (TPSA) is 82.2 Å². The molecular weight excluding hydrogens is 430 g/mol. The van der Waals surface area contributed by atoms with E-state index in [0.717, 1.165) is 16.8 Å². The van der Waals surface area contributed by atoms with E-state index in [1.54, 1.807) is 34.5 Å². The number of hydrogen-bond acceptors (Lipinski definition) is 8. The van der Waals surface area contributed by atoms with Crippen molar-refractivity contribution in [1.29, 1.82) is 0 Å². The normalized spacial score (nSPS) is 10.7. The van der Waals surface area contributed by atoms with Gasteiger partial charge in [-0.05, 0) is 25.2 Å². The number of nitrogens with one attached hydrogen (secondary N) is 1. The maximum Gasteiger partial charge on any atom is 0.240 e. The van der Waals surface area contributed by atoms with Crippen molar-refractivity contribution in [3.8, 4) is 34.3 Å². The molecule has 0 saturated carbocycles. The number of hydrogen-bond donors (Lipinski definition) is 1. The van der Waals surface area contributed by atoms with Crippen LogP contribution in [0, 0.1) is 0 Å². The fourth-order valence-corrected chi connectivity index (χ4v) is 4.02. The van der Waals surface area contributed by atoms with Crippen LogP contribution >= 0.6 is 11.3 Å². The molecular formula is C23H27N3O5S.